The van der Waals surface area contributed by atoms with Gasteiger partial charge >= 0.3 is 5.97 Å². The Balaban J connectivity index is 1.98. The molecule has 32 heavy (non-hydrogen) atoms. The number of nitrogens with zero attached hydrogens (tertiary/aromatic N) is 4. The Morgan fingerprint density at radius 1 is 1.31 bits per heavy atom. The van der Waals surface area contributed by atoms with Crippen molar-refractivity contribution in [2.24, 2.45) is 10.1 Å². The molecule has 3 rings (SSSR count). The van der Waals surface area contributed by atoms with Crippen molar-refractivity contribution in [1.29, 1.82) is 0 Å². The van der Waals surface area contributed by atoms with E-state index in [1.165, 1.54) is 6.08 Å². The lowest BCUT2D eigenvalue weighted by atomic mass is 9.83. The van der Waals surface area contributed by atoms with Gasteiger partial charge in [0, 0.05) is 29.9 Å². The van der Waals surface area contributed by atoms with Crippen LogP contribution in [0.4, 0.5) is 0 Å². The van der Waals surface area contributed by atoms with E-state index in [-0.39, 0.29) is 25.5 Å². The number of carboxylic acids is 1. The molecule has 0 aromatic heterocycles. The first-order valence-electron chi connectivity index (χ1n) is 10.1. The Hall–Kier alpha value is -3.81. The van der Waals surface area contributed by atoms with Crippen LogP contribution in [-0.2, 0) is 16.1 Å². The summed E-state index contributed by atoms with van der Waals surface area (Å²) in [5.74, 6) is -0.327. The number of aliphatic hydroxyl groups excluding tert-OH is 1. The molecule has 1 aliphatic heterocycles. The predicted octanol–water partition coefficient (Wildman–Crippen LogP) is 4.18. The zero-order chi connectivity index (χ0) is 23.0. The first-order chi connectivity index (χ1) is 15.6. The second-order valence-corrected chi connectivity index (χ2v) is 7.17. The number of rotatable bonds is 11. The molecule has 0 spiro atoms. The fourth-order valence-electron chi connectivity index (χ4n) is 3.54. The molecule has 0 aliphatic carbocycles. The molecule has 0 bridgehead atoms. The zero-order valence-electron chi connectivity index (χ0n) is 17.4. The molecule has 9 nitrogen and oxygen atoms in total. The molecule has 0 saturated heterocycles. The number of benzene rings is 2. The Morgan fingerprint density at radius 3 is 2.72 bits per heavy atom. The monoisotopic (exact) mass is 436 g/mol. The van der Waals surface area contributed by atoms with E-state index in [1.807, 2.05) is 0 Å². The molecule has 0 fully saturated rings. The molecule has 0 amide bonds. The molecule has 2 aromatic rings. The van der Waals surface area contributed by atoms with E-state index in [0.717, 1.165) is 0 Å². The first kappa shape index (κ1) is 22.9. The van der Waals surface area contributed by atoms with Gasteiger partial charge in [-0.25, -0.2) is 9.79 Å². The number of ether oxygens (including phenoxy) is 2. The fourth-order valence-corrected chi connectivity index (χ4v) is 3.54. The largest absolute Gasteiger partial charge is 0.494 e. The van der Waals surface area contributed by atoms with Crippen LogP contribution in [0.2, 0.25) is 0 Å². The summed E-state index contributed by atoms with van der Waals surface area (Å²) in [5.41, 5.74) is 8.96. The molecule has 166 valence electrons. The van der Waals surface area contributed by atoms with Crippen molar-refractivity contribution < 1.29 is 24.5 Å². The zero-order valence-corrected chi connectivity index (χ0v) is 17.4. The van der Waals surface area contributed by atoms with E-state index in [4.69, 9.17) is 20.1 Å². The van der Waals surface area contributed by atoms with Gasteiger partial charge in [0.25, 0.3) is 0 Å². The van der Waals surface area contributed by atoms with Gasteiger partial charge < -0.3 is 19.7 Å². The van der Waals surface area contributed by atoms with Crippen LogP contribution in [0.15, 0.2) is 71.3 Å². The van der Waals surface area contributed by atoms with E-state index < -0.39 is 17.6 Å². The minimum atomic E-state index is -1.61. The van der Waals surface area contributed by atoms with Crippen molar-refractivity contribution in [2.75, 3.05) is 13.2 Å². The molecule has 0 unspecified atom stereocenters. The van der Waals surface area contributed by atoms with Crippen molar-refractivity contribution >= 4 is 11.9 Å². The summed E-state index contributed by atoms with van der Waals surface area (Å²) in [7, 11) is 0. The molecule has 9 heteroatoms. The highest BCUT2D eigenvalue weighted by Crippen LogP contribution is 2.43. The highest BCUT2D eigenvalue weighted by molar-refractivity contribution is 5.99. The molecule has 1 heterocycles. The molecular weight excluding hydrogens is 412 g/mol. The van der Waals surface area contributed by atoms with Crippen molar-refractivity contribution in [3.05, 3.63) is 88.3 Å². The molecule has 2 N–H and O–H groups in total. The Kier molecular flexibility index (Phi) is 7.49. The van der Waals surface area contributed by atoms with Gasteiger partial charge in [0.2, 0.25) is 11.4 Å². The van der Waals surface area contributed by atoms with Gasteiger partial charge in [-0.15, -0.1) is 6.58 Å². The number of azide groups is 1. The van der Waals surface area contributed by atoms with Crippen molar-refractivity contribution in [1.82, 2.24) is 0 Å². The average Bonchev–Trinajstić information content (AvgIpc) is 3.19. The van der Waals surface area contributed by atoms with Gasteiger partial charge in [-0.05, 0) is 40.9 Å². The summed E-state index contributed by atoms with van der Waals surface area (Å²) < 4.78 is 11.7. The van der Waals surface area contributed by atoms with Gasteiger partial charge in [-0.1, -0.05) is 35.5 Å². The molecule has 2 aromatic carbocycles. The third-order valence-electron chi connectivity index (χ3n) is 5.10. The number of hydrogen-bond acceptors (Lipinski definition) is 6. The summed E-state index contributed by atoms with van der Waals surface area (Å²) in [6.07, 6.45) is 1.15. The maximum atomic E-state index is 12.4. The normalized spacial score (nSPS) is 19.4. The lowest BCUT2D eigenvalue weighted by molar-refractivity contribution is -0.146. The second kappa shape index (κ2) is 10.5. The third-order valence-corrected chi connectivity index (χ3v) is 5.10. The van der Waals surface area contributed by atoms with Crippen LogP contribution in [-0.4, -0.2) is 40.8 Å². The van der Waals surface area contributed by atoms with Crippen LogP contribution in [0, 0.1) is 0 Å². The lowest BCUT2D eigenvalue weighted by Gasteiger charge is -2.28. The fraction of sp³-hybridized carbons (Fsp3) is 0.304. The number of aliphatic carboxylic acids is 1. The molecule has 0 radical (unpaired) electrons. The third kappa shape index (κ3) is 4.74. The predicted molar refractivity (Wildman–Crippen MR) is 118 cm³/mol. The van der Waals surface area contributed by atoms with Crippen LogP contribution in [0.5, 0.6) is 5.75 Å². The highest BCUT2D eigenvalue weighted by atomic mass is 16.5. The summed E-state index contributed by atoms with van der Waals surface area (Å²) >= 11 is 0. The Labute approximate surface area is 185 Å². The number of aliphatic imine (C=N–C) groups is 1. The number of carbonyl (C=O) groups is 1. The van der Waals surface area contributed by atoms with E-state index >= 15 is 0 Å². The van der Waals surface area contributed by atoms with Gasteiger partial charge in [0.1, 0.15) is 5.75 Å². The minimum Gasteiger partial charge on any atom is -0.494 e. The standard InChI is InChI=1S/C23H24N4O5/c1-2-12-23(22(29)30)20(19-7-4-3-6-17(19)15-25-27-24)32-21(26-23)16-8-10-18(11-9-16)31-14-5-13-28/h2-4,6-11,20,28H,1,5,12-15H2,(H,29,30)/t20-,23-/m1/s1. The van der Waals surface area contributed by atoms with Crippen LogP contribution >= 0.6 is 0 Å². The Bertz CT molecular complexity index is 1050. The smallest absolute Gasteiger partial charge is 0.336 e. The summed E-state index contributed by atoms with van der Waals surface area (Å²) in [5, 5.41) is 22.7. The Morgan fingerprint density at radius 2 is 2.06 bits per heavy atom. The molecule has 2 atom stereocenters. The summed E-state index contributed by atoms with van der Waals surface area (Å²) in [6.45, 7) is 4.20. The van der Waals surface area contributed by atoms with Crippen LogP contribution in [0.1, 0.15) is 35.6 Å². The van der Waals surface area contributed by atoms with E-state index in [9.17, 15) is 9.90 Å². The van der Waals surface area contributed by atoms with E-state index in [2.05, 4.69) is 21.6 Å². The molecular formula is C23H24N4O5. The quantitative estimate of drug-likeness (QED) is 0.179. The van der Waals surface area contributed by atoms with Crippen LogP contribution in [0.25, 0.3) is 10.4 Å². The number of aliphatic hydroxyl groups is 1. The highest BCUT2D eigenvalue weighted by Gasteiger charge is 2.53. The molecule has 1 aliphatic rings. The van der Waals surface area contributed by atoms with Crippen molar-refractivity contribution in [2.45, 2.75) is 31.0 Å². The van der Waals surface area contributed by atoms with Crippen LogP contribution < -0.4 is 4.74 Å². The van der Waals surface area contributed by atoms with Gasteiger partial charge in [0.15, 0.2) is 6.10 Å². The maximum absolute atomic E-state index is 12.4. The minimum absolute atomic E-state index is 0.0475. The van der Waals surface area contributed by atoms with E-state index in [1.54, 1.807) is 48.5 Å². The maximum Gasteiger partial charge on any atom is 0.336 e. The summed E-state index contributed by atoms with van der Waals surface area (Å²) in [4.78, 5) is 19.8. The van der Waals surface area contributed by atoms with Gasteiger partial charge in [-0.3, -0.25) is 0 Å². The summed E-state index contributed by atoms with van der Waals surface area (Å²) in [6, 6.07) is 14.0. The van der Waals surface area contributed by atoms with Crippen molar-refractivity contribution in [3.8, 4) is 5.75 Å². The molecule has 0 saturated carbocycles. The number of hydrogen-bond donors (Lipinski definition) is 2. The van der Waals surface area contributed by atoms with E-state index in [0.29, 0.717) is 35.5 Å². The van der Waals surface area contributed by atoms with Gasteiger partial charge in [-0.2, -0.15) is 0 Å². The SMILES string of the molecule is C=CC[C@@]1(C(=O)O)N=C(c2ccc(OCCCO)cc2)O[C@@H]1c1ccccc1CN=[N+]=[N-]. The first-order valence-corrected chi connectivity index (χ1v) is 10.1. The van der Waals surface area contributed by atoms with Gasteiger partial charge in [0.05, 0.1) is 13.2 Å². The average molecular weight is 436 g/mol. The van der Waals surface area contributed by atoms with Crippen molar-refractivity contribution in [3.63, 3.8) is 0 Å². The second-order valence-electron chi connectivity index (χ2n) is 7.17. The van der Waals surface area contributed by atoms with Crippen LogP contribution in [0.3, 0.4) is 0 Å². The lowest BCUT2D eigenvalue weighted by Crippen LogP contribution is -2.40. The topological polar surface area (TPSA) is 137 Å². The number of carboxylic acid groups (broad SMARTS) is 1.